The molecule has 2 aliphatic rings. The Morgan fingerprint density at radius 3 is 2.36 bits per heavy atom. The molecule has 2 unspecified atom stereocenters. The number of fused-ring (bicyclic) bond motifs is 1. The van der Waals surface area contributed by atoms with Crippen LogP contribution in [0.25, 0.3) is 0 Å². The van der Waals surface area contributed by atoms with Crippen LogP contribution >= 0.6 is 0 Å². The predicted molar refractivity (Wildman–Crippen MR) is 79.5 cm³/mol. The van der Waals surface area contributed by atoms with Crippen LogP contribution in [-0.2, 0) is 4.79 Å². The number of carbonyl (C=O) groups excluding carboxylic acids is 1. The summed E-state index contributed by atoms with van der Waals surface area (Å²) in [6.45, 7) is 0. The van der Waals surface area contributed by atoms with Gasteiger partial charge in [0.2, 0.25) is 6.10 Å². The summed E-state index contributed by atoms with van der Waals surface area (Å²) in [4.78, 5) is 23.7. The molecule has 8 heteroatoms. The number of hydrogen-bond donors (Lipinski definition) is 2. The van der Waals surface area contributed by atoms with Crippen molar-refractivity contribution in [2.45, 2.75) is 38.0 Å². The Bertz CT molecular complexity index is 692. The summed E-state index contributed by atoms with van der Waals surface area (Å²) in [5.41, 5.74) is 0.0173. The maximum Gasteiger partial charge on any atom is 0.426 e. The van der Waals surface area contributed by atoms with Crippen LogP contribution in [0.5, 0.6) is 11.5 Å². The number of alkyl halides is 3. The van der Waals surface area contributed by atoms with Gasteiger partial charge >= 0.3 is 12.1 Å². The molecular weight excluding hydrogens is 341 g/mol. The quantitative estimate of drug-likeness (QED) is 0.846. The summed E-state index contributed by atoms with van der Waals surface area (Å²) in [7, 11) is 0. The number of aliphatic carboxylic acids is 1. The van der Waals surface area contributed by atoms with E-state index in [9.17, 15) is 27.9 Å². The predicted octanol–water partition coefficient (Wildman–Crippen LogP) is 3.41. The van der Waals surface area contributed by atoms with Crippen molar-refractivity contribution in [1.82, 2.24) is 0 Å². The number of halogens is 3. The van der Waals surface area contributed by atoms with Crippen molar-refractivity contribution in [2.75, 3.05) is 0 Å². The van der Waals surface area contributed by atoms with Gasteiger partial charge in [-0.15, -0.1) is 0 Å². The third-order valence-electron chi connectivity index (χ3n) is 5.07. The number of phenols is 1. The molecule has 136 valence electrons. The first-order valence-electron chi connectivity index (χ1n) is 8.02. The van der Waals surface area contributed by atoms with E-state index in [4.69, 9.17) is 9.84 Å². The van der Waals surface area contributed by atoms with E-state index in [-0.39, 0.29) is 42.7 Å². The minimum Gasteiger partial charge on any atom is -0.508 e. The molecule has 25 heavy (non-hydrogen) atoms. The highest BCUT2D eigenvalue weighted by Crippen LogP contribution is 2.46. The van der Waals surface area contributed by atoms with Gasteiger partial charge in [0.1, 0.15) is 11.5 Å². The van der Waals surface area contributed by atoms with E-state index < -0.39 is 41.8 Å². The lowest BCUT2D eigenvalue weighted by Gasteiger charge is -2.39. The fourth-order valence-corrected chi connectivity index (χ4v) is 3.80. The molecule has 2 N–H and O–H groups in total. The third kappa shape index (κ3) is 3.29. The van der Waals surface area contributed by atoms with Gasteiger partial charge in [0.25, 0.3) is 0 Å². The molecule has 1 aliphatic carbocycles. The average molecular weight is 358 g/mol. The maximum atomic E-state index is 13.5. The molecule has 0 radical (unpaired) electrons. The van der Waals surface area contributed by atoms with Gasteiger partial charge in [0, 0.05) is 6.07 Å². The molecule has 0 aromatic heterocycles. The fraction of sp³-hybridized carbons (Fsp3) is 0.529. The summed E-state index contributed by atoms with van der Waals surface area (Å²) in [6, 6.07) is 3.49. The number of carboxylic acids is 1. The van der Waals surface area contributed by atoms with Crippen molar-refractivity contribution in [3.8, 4) is 11.5 Å². The number of phenolic OH excluding ortho intramolecular Hbond substituents is 1. The molecule has 1 aromatic rings. The number of carboxylic acid groups (broad SMARTS) is 1. The number of hydrogen-bond acceptors (Lipinski definition) is 4. The van der Waals surface area contributed by atoms with Crippen molar-refractivity contribution in [3.63, 3.8) is 0 Å². The molecule has 3 rings (SSSR count). The second-order valence-corrected chi connectivity index (χ2v) is 6.60. The van der Waals surface area contributed by atoms with Crippen molar-refractivity contribution >= 4 is 11.8 Å². The van der Waals surface area contributed by atoms with E-state index >= 15 is 0 Å². The molecule has 0 saturated heterocycles. The molecule has 0 spiro atoms. The van der Waals surface area contributed by atoms with E-state index in [0.29, 0.717) is 0 Å². The van der Waals surface area contributed by atoms with Crippen LogP contribution in [0, 0.1) is 17.8 Å². The zero-order valence-corrected chi connectivity index (χ0v) is 13.1. The lowest BCUT2D eigenvalue weighted by atomic mass is 9.70. The van der Waals surface area contributed by atoms with E-state index in [0.717, 1.165) is 6.07 Å². The lowest BCUT2D eigenvalue weighted by molar-refractivity contribution is -0.212. The van der Waals surface area contributed by atoms with Gasteiger partial charge in [-0.25, -0.2) is 0 Å². The number of benzene rings is 1. The van der Waals surface area contributed by atoms with Gasteiger partial charge in [0.15, 0.2) is 5.78 Å². The Hall–Kier alpha value is -2.25. The molecule has 1 fully saturated rings. The van der Waals surface area contributed by atoms with E-state index in [1.165, 1.54) is 12.1 Å². The van der Waals surface area contributed by atoms with Crippen LogP contribution in [-0.4, -0.2) is 34.2 Å². The van der Waals surface area contributed by atoms with Crippen LogP contribution in [0.4, 0.5) is 13.2 Å². The first kappa shape index (κ1) is 17.6. The molecule has 2 atom stereocenters. The van der Waals surface area contributed by atoms with Crippen LogP contribution < -0.4 is 4.74 Å². The highest BCUT2D eigenvalue weighted by molar-refractivity contribution is 6.02. The van der Waals surface area contributed by atoms with Gasteiger partial charge in [-0.3, -0.25) is 9.59 Å². The second kappa shape index (κ2) is 6.24. The number of Topliss-reactive ketones (excluding diaryl/α,β-unsaturated/α-hetero) is 1. The molecule has 1 aliphatic heterocycles. The largest absolute Gasteiger partial charge is 0.508 e. The number of ketones is 1. The third-order valence-corrected chi connectivity index (χ3v) is 5.07. The summed E-state index contributed by atoms with van der Waals surface area (Å²) in [5, 5.41) is 18.5. The number of aromatic hydroxyl groups is 1. The Kier molecular flexibility index (Phi) is 4.38. The topological polar surface area (TPSA) is 83.8 Å². The van der Waals surface area contributed by atoms with Crippen molar-refractivity contribution < 1.29 is 37.7 Å². The Morgan fingerprint density at radius 2 is 1.80 bits per heavy atom. The Morgan fingerprint density at radius 1 is 1.16 bits per heavy atom. The van der Waals surface area contributed by atoms with Gasteiger partial charge in [-0.05, 0) is 43.7 Å². The standard InChI is InChI=1S/C17H17F3O5/c18-17(19,20)15-13(8-1-3-9(4-2-8)16(23)24)14(22)11-6-5-10(21)7-12(11)25-15/h5-9,13,15,21H,1-4H2,(H,23,24)/t8-,9-,13?,15?. The highest BCUT2D eigenvalue weighted by Gasteiger charge is 2.55. The normalized spacial score (nSPS) is 29.6. The SMILES string of the molecule is O=C1c2ccc(O)cc2OC(C(F)(F)F)C1[C@H]1CC[C@H](C(=O)O)CC1. The van der Waals surface area contributed by atoms with Crippen LogP contribution in [0.15, 0.2) is 18.2 Å². The molecule has 1 aromatic carbocycles. The number of rotatable bonds is 2. The highest BCUT2D eigenvalue weighted by atomic mass is 19.4. The molecule has 1 heterocycles. The molecule has 0 amide bonds. The van der Waals surface area contributed by atoms with Crippen molar-refractivity contribution in [3.05, 3.63) is 23.8 Å². The zero-order valence-electron chi connectivity index (χ0n) is 13.1. The van der Waals surface area contributed by atoms with Crippen LogP contribution in [0.2, 0.25) is 0 Å². The van der Waals surface area contributed by atoms with Gasteiger partial charge in [0.05, 0.1) is 17.4 Å². The van der Waals surface area contributed by atoms with Gasteiger partial charge in [-0.1, -0.05) is 0 Å². The Labute approximate surface area is 141 Å². The fourth-order valence-electron chi connectivity index (χ4n) is 3.80. The number of ether oxygens (including phenoxy) is 1. The summed E-state index contributed by atoms with van der Waals surface area (Å²) < 4.78 is 45.5. The molecule has 1 saturated carbocycles. The maximum absolute atomic E-state index is 13.5. The van der Waals surface area contributed by atoms with E-state index in [2.05, 4.69) is 0 Å². The minimum atomic E-state index is -4.74. The van der Waals surface area contributed by atoms with Gasteiger partial charge < -0.3 is 14.9 Å². The summed E-state index contributed by atoms with van der Waals surface area (Å²) >= 11 is 0. The summed E-state index contributed by atoms with van der Waals surface area (Å²) in [5.74, 6) is -4.75. The van der Waals surface area contributed by atoms with E-state index in [1.54, 1.807) is 0 Å². The van der Waals surface area contributed by atoms with Crippen LogP contribution in [0.3, 0.4) is 0 Å². The van der Waals surface area contributed by atoms with Gasteiger partial charge in [-0.2, -0.15) is 13.2 Å². The van der Waals surface area contributed by atoms with Crippen molar-refractivity contribution in [2.24, 2.45) is 17.8 Å². The van der Waals surface area contributed by atoms with Crippen molar-refractivity contribution in [1.29, 1.82) is 0 Å². The smallest absolute Gasteiger partial charge is 0.426 e. The van der Waals surface area contributed by atoms with E-state index in [1.807, 2.05) is 0 Å². The van der Waals surface area contributed by atoms with Crippen LogP contribution in [0.1, 0.15) is 36.0 Å². The number of carbonyl (C=O) groups is 2. The molecular formula is C17H17F3O5. The zero-order chi connectivity index (χ0) is 18.4. The first-order chi connectivity index (χ1) is 11.7. The molecule has 0 bridgehead atoms. The lowest BCUT2D eigenvalue weighted by Crippen LogP contribution is -2.51. The summed E-state index contributed by atoms with van der Waals surface area (Å²) in [6.07, 6.45) is -6.07. The second-order valence-electron chi connectivity index (χ2n) is 6.60. The minimum absolute atomic E-state index is 0.0173. The first-order valence-corrected chi connectivity index (χ1v) is 8.02. The monoisotopic (exact) mass is 358 g/mol. The Balaban J connectivity index is 1.91. The average Bonchev–Trinajstić information content (AvgIpc) is 2.53. The molecule has 5 nitrogen and oxygen atoms in total.